The van der Waals surface area contributed by atoms with Crippen LogP contribution in [0.5, 0.6) is 11.5 Å². The lowest BCUT2D eigenvalue weighted by Crippen LogP contribution is -2.11. The smallest absolute Gasteiger partial charge is 0.291 e. The van der Waals surface area contributed by atoms with Crippen LogP contribution in [0.4, 0.5) is 5.69 Å². The molecule has 2 heterocycles. The molecule has 0 saturated heterocycles. The minimum Gasteiger partial charge on any atom is -0.496 e. The average Bonchev–Trinajstić information content (AvgIpc) is 3.28. The molecule has 0 aliphatic rings. The predicted molar refractivity (Wildman–Crippen MR) is 125 cm³/mol. The summed E-state index contributed by atoms with van der Waals surface area (Å²) in [6.07, 6.45) is 0. The van der Waals surface area contributed by atoms with Gasteiger partial charge in [-0.3, -0.25) is 9.59 Å². The number of rotatable bonds is 5. The average molecular weight is 441 g/mol. The number of hydrogen-bond donors (Lipinski definition) is 1. The number of benzene rings is 3. The third-order valence-corrected chi connectivity index (χ3v) is 5.31. The first-order chi connectivity index (χ1) is 16.1. The molecule has 0 unspecified atom stereocenters. The lowest BCUT2D eigenvalue weighted by molar-refractivity contribution is 0.0998. The van der Waals surface area contributed by atoms with Gasteiger partial charge in [0.1, 0.15) is 17.1 Å². The van der Waals surface area contributed by atoms with E-state index >= 15 is 0 Å². The lowest BCUT2D eigenvalue weighted by Gasteiger charge is -2.09. The Labute approximate surface area is 188 Å². The van der Waals surface area contributed by atoms with Gasteiger partial charge < -0.3 is 23.6 Å². The van der Waals surface area contributed by atoms with Gasteiger partial charge in [0.05, 0.1) is 25.2 Å². The van der Waals surface area contributed by atoms with Crippen molar-refractivity contribution in [1.29, 1.82) is 0 Å². The fraction of sp³-hybridized carbons (Fsp3) is 0.0769. The zero-order valence-corrected chi connectivity index (χ0v) is 17.9. The van der Waals surface area contributed by atoms with Crippen molar-refractivity contribution in [2.75, 3.05) is 19.5 Å². The van der Waals surface area contributed by atoms with E-state index in [1.54, 1.807) is 50.6 Å². The zero-order chi connectivity index (χ0) is 22.9. The lowest BCUT2D eigenvalue weighted by atomic mass is 10.1. The van der Waals surface area contributed by atoms with E-state index in [1.807, 2.05) is 30.3 Å². The Morgan fingerprint density at radius 1 is 0.848 bits per heavy atom. The number of carbonyl (C=O) groups is 1. The largest absolute Gasteiger partial charge is 0.496 e. The third-order valence-electron chi connectivity index (χ3n) is 5.31. The van der Waals surface area contributed by atoms with Crippen molar-refractivity contribution >= 4 is 33.5 Å². The van der Waals surface area contributed by atoms with Gasteiger partial charge in [-0.15, -0.1) is 0 Å². The molecule has 1 amide bonds. The molecule has 0 aliphatic carbocycles. The highest BCUT2D eigenvalue weighted by atomic mass is 16.5. The highest BCUT2D eigenvalue weighted by Gasteiger charge is 2.16. The van der Waals surface area contributed by atoms with Crippen LogP contribution in [0.25, 0.3) is 33.3 Å². The number of methoxy groups -OCH3 is 2. The van der Waals surface area contributed by atoms with E-state index in [-0.39, 0.29) is 11.2 Å². The summed E-state index contributed by atoms with van der Waals surface area (Å²) < 4.78 is 22.4. The summed E-state index contributed by atoms with van der Waals surface area (Å²) in [5.74, 6) is 1.21. The second-order valence-corrected chi connectivity index (χ2v) is 7.33. The summed E-state index contributed by atoms with van der Waals surface area (Å²) >= 11 is 0. The highest BCUT2D eigenvalue weighted by molar-refractivity contribution is 6.05. The van der Waals surface area contributed by atoms with Crippen LogP contribution < -0.4 is 20.2 Å². The molecule has 7 heteroatoms. The Kier molecular flexibility index (Phi) is 5.06. The van der Waals surface area contributed by atoms with E-state index < -0.39 is 5.91 Å². The van der Waals surface area contributed by atoms with Gasteiger partial charge in [-0.05, 0) is 36.4 Å². The van der Waals surface area contributed by atoms with E-state index in [4.69, 9.17) is 18.3 Å². The van der Waals surface area contributed by atoms with Crippen LogP contribution in [0, 0.1) is 0 Å². The summed E-state index contributed by atoms with van der Waals surface area (Å²) in [6, 6.07) is 20.6. The summed E-state index contributed by atoms with van der Waals surface area (Å²) in [5, 5.41) is 3.95. The van der Waals surface area contributed by atoms with Crippen LogP contribution >= 0.6 is 0 Å². The molecule has 0 bridgehead atoms. The topological polar surface area (TPSA) is 90.9 Å². The number of ether oxygens (including phenoxy) is 2. The van der Waals surface area contributed by atoms with Gasteiger partial charge in [-0.1, -0.05) is 24.3 Å². The Balaban J connectivity index is 1.50. The fourth-order valence-corrected chi connectivity index (χ4v) is 3.72. The molecule has 2 aromatic heterocycles. The van der Waals surface area contributed by atoms with E-state index in [0.29, 0.717) is 45.1 Å². The molecule has 5 aromatic rings. The molecule has 0 radical (unpaired) electrons. The maximum absolute atomic E-state index is 12.8. The molecular formula is C26H19NO6. The number of furan rings is 1. The van der Waals surface area contributed by atoms with Crippen LogP contribution in [0.15, 0.2) is 86.4 Å². The van der Waals surface area contributed by atoms with Gasteiger partial charge in [-0.2, -0.15) is 0 Å². The van der Waals surface area contributed by atoms with E-state index in [2.05, 4.69) is 5.32 Å². The minimum absolute atomic E-state index is 0.138. The molecule has 0 fully saturated rings. The SMILES string of the molecule is COc1ccccc1-c1cc(=O)c2ccc(NC(=O)c3cc4cccc(OC)c4o3)cc2o1. The summed E-state index contributed by atoms with van der Waals surface area (Å²) in [4.78, 5) is 25.5. The van der Waals surface area contributed by atoms with E-state index in [1.165, 1.54) is 6.07 Å². The molecule has 1 N–H and O–H groups in total. The van der Waals surface area contributed by atoms with Crippen molar-refractivity contribution in [3.63, 3.8) is 0 Å². The van der Waals surface area contributed by atoms with Gasteiger partial charge in [0, 0.05) is 23.2 Å². The monoisotopic (exact) mass is 441 g/mol. The van der Waals surface area contributed by atoms with Gasteiger partial charge >= 0.3 is 0 Å². The van der Waals surface area contributed by atoms with Gasteiger partial charge in [-0.25, -0.2) is 0 Å². The molecule has 7 nitrogen and oxygen atoms in total. The number of nitrogens with one attached hydrogen (secondary N) is 1. The number of hydrogen-bond acceptors (Lipinski definition) is 6. The molecule has 0 atom stereocenters. The van der Waals surface area contributed by atoms with Crippen molar-refractivity contribution in [3.05, 3.63) is 88.8 Å². The molecule has 3 aromatic carbocycles. The maximum atomic E-state index is 12.8. The van der Waals surface area contributed by atoms with Gasteiger partial charge in [0.2, 0.25) is 0 Å². The predicted octanol–water partition coefficient (Wildman–Crippen LogP) is 5.48. The third kappa shape index (κ3) is 3.70. The first kappa shape index (κ1) is 20.4. The molecule has 0 spiro atoms. The summed E-state index contributed by atoms with van der Waals surface area (Å²) in [7, 11) is 3.10. The molecule has 164 valence electrons. The highest BCUT2D eigenvalue weighted by Crippen LogP contribution is 2.32. The molecule has 0 aliphatic heterocycles. The van der Waals surface area contributed by atoms with Gasteiger partial charge in [0.25, 0.3) is 5.91 Å². The van der Waals surface area contributed by atoms with E-state index in [9.17, 15) is 9.59 Å². The number of para-hydroxylation sites is 2. The first-order valence-corrected chi connectivity index (χ1v) is 10.2. The second-order valence-electron chi connectivity index (χ2n) is 7.33. The Hall–Kier alpha value is -4.52. The maximum Gasteiger partial charge on any atom is 0.291 e. The number of carbonyl (C=O) groups excluding carboxylic acids is 1. The van der Waals surface area contributed by atoms with Crippen molar-refractivity contribution in [1.82, 2.24) is 0 Å². The van der Waals surface area contributed by atoms with Crippen molar-refractivity contribution in [3.8, 4) is 22.8 Å². The molecule has 0 saturated carbocycles. The number of anilines is 1. The van der Waals surface area contributed by atoms with Gasteiger partial charge in [0.15, 0.2) is 22.5 Å². The second kappa shape index (κ2) is 8.20. The molecule has 33 heavy (non-hydrogen) atoms. The zero-order valence-electron chi connectivity index (χ0n) is 17.9. The van der Waals surface area contributed by atoms with Crippen LogP contribution in [0.2, 0.25) is 0 Å². The summed E-state index contributed by atoms with van der Waals surface area (Å²) in [6.45, 7) is 0. The standard InChI is InChI=1S/C26H19NO6/c1-30-20-8-4-3-7-18(20)23-14-19(28)17-11-10-16(13-22(17)32-23)27-26(29)24-12-15-6-5-9-21(31-2)25(15)33-24/h3-14H,1-2H3,(H,27,29). The minimum atomic E-state index is -0.434. The quantitative estimate of drug-likeness (QED) is 0.389. The van der Waals surface area contributed by atoms with E-state index in [0.717, 1.165) is 5.39 Å². The Morgan fingerprint density at radius 3 is 2.45 bits per heavy atom. The van der Waals surface area contributed by atoms with Crippen molar-refractivity contribution in [2.45, 2.75) is 0 Å². The van der Waals surface area contributed by atoms with Crippen LogP contribution in [0.3, 0.4) is 0 Å². The Morgan fingerprint density at radius 2 is 1.64 bits per heavy atom. The molecular weight excluding hydrogens is 422 g/mol. The van der Waals surface area contributed by atoms with Crippen molar-refractivity contribution < 1.29 is 23.1 Å². The number of amides is 1. The fourth-order valence-electron chi connectivity index (χ4n) is 3.72. The Bertz CT molecular complexity index is 1560. The molecule has 5 rings (SSSR count). The van der Waals surface area contributed by atoms with Crippen molar-refractivity contribution in [2.24, 2.45) is 0 Å². The van der Waals surface area contributed by atoms with Crippen LogP contribution in [0.1, 0.15) is 10.6 Å². The van der Waals surface area contributed by atoms with Crippen LogP contribution in [-0.2, 0) is 0 Å². The first-order valence-electron chi connectivity index (χ1n) is 10.2. The normalized spacial score (nSPS) is 11.0. The number of fused-ring (bicyclic) bond motifs is 2. The van der Waals surface area contributed by atoms with Crippen LogP contribution in [-0.4, -0.2) is 20.1 Å². The summed E-state index contributed by atoms with van der Waals surface area (Å²) in [5.41, 5.74) is 1.76.